The molecular weight excluding hydrogens is 284 g/mol. The van der Waals surface area contributed by atoms with Gasteiger partial charge in [0.05, 0.1) is 11.8 Å². The predicted molar refractivity (Wildman–Crippen MR) is 82.4 cm³/mol. The summed E-state index contributed by atoms with van der Waals surface area (Å²) < 4.78 is -0.816. The first-order chi connectivity index (χ1) is 10.5. The highest BCUT2D eigenvalue weighted by Crippen LogP contribution is 2.50. The van der Waals surface area contributed by atoms with Crippen molar-refractivity contribution in [1.82, 2.24) is 4.65 Å². The van der Waals surface area contributed by atoms with Crippen LogP contribution in [0.2, 0.25) is 0 Å². The largest absolute Gasteiger partial charge is 0.622 e. The minimum absolute atomic E-state index is 0.443. The molecule has 0 aliphatic carbocycles. The van der Waals surface area contributed by atoms with Crippen LogP contribution in [0, 0.1) is 5.21 Å². The van der Waals surface area contributed by atoms with E-state index in [1.165, 1.54) is 12.4 Å². The zero-order valence-electron chi connectivity index (χ0n) is 12.1. The maximum atomic E-state index is 13.5. The molecule has 1 aromatic carbocycles. The van der Waals surface area contributed by atoms with Gasteiger partial charge >= 0.3 is 5.97 Å². The van der Waals surface area contributed by atoms with Crippen LogP contribution in [0.3, 0.4) is 0 Å². The zero-order valence-corrected chi connectivity index (χ0v) is 12.1. The Labute approximate surface area is 127 Å². The van der Waals surface area contributed by atoms with E-state index in [1.54, 1.807) is 24.4 Å². The summed E-state index contributed by atoms with van der Waals surface area (Å²) in [6.07, 6.45) is 5.55. The number of rotatable bonds is 4. The molecule has 3 atom stereocenters. The zero-order chi connectivity index (χ0) is 15.9. The molecule has 0 fully saturated rings. The van der Waals surface area contributed by atoms with E-state index in [0.717, 1.165) is 0 Å². The lowest BCUT2D eigenvalue weighted by atomic mass is 9.88. The number of aliphatic imine (C=N–C) groups is 1. The molecule has 114 valence electrons. The highest BCUT2D eigenvalue weighted by Gasteiger charge is 2.52. The van der Waals surface area contributed by atoms with Crippen LogP contribution in [0.4, 0.5) is 5.69 Å². The second-order valence-corrected chi connectivity index (χ2v) is 5.57. The first-order valence-electron chi connectivity index (χ1n) is 7.21. The molecule has 1 aromatic rings. The van der Waals surface area contributed by atoms with Gasteiger partial charge in [-0.15, -0.1) is 0 Å². The number of para-hydroxylation sites is 1. The molecule has 1 N–H and O–H groups in total. The topological polar surface area (TPSA) is 89.8 Å². The summed E-state index contributed by atoms with van der Waals surface area (Å²) in [6, 6.07) is 4.50. The highest BCUT2D eigenvalue weighted by atomic mass is 16.5. The fourth-order valence-electron chi connectivity index (χ4n) is 3.48. The third-order valence-electron chi connectivity index (χ3n) is 4.33. The second kappa shape index (κ2) is 5.15. The quantitative estimate of drug-likeness (QED) is 0.525. The van der Waals surface area contributed by atoms with Crippen LogP contribution in [0.1, 0.15) is 36.8 Å². The number of carboxylic acid groups (broad SMARTS) is 1. The van der Waals surface area contributed by atoms with Gasteiger partial charge in [0.1, 0.15) is 18.2 Å². The van der Waals surface area contributed by atoms with E-state index in [2.05, 4.69) is 4.99 Å². The van der Waals surface area contributed by atoms with Crippen LogP contribution in [-0.4, -0.2) is 29.1 Å². The first-order valence-corrected chi connectivity index (χ1v) is 7.21. The van der Waals surface area contributed by atoms with E-state index in [4.69, 9.17) is 5.11 Å². The van der Waals surface area contributed by atoms with Crippen molar-refractivity contribution in [3.05, 3.63) is 46.9 Å². The fraction of sp³-hybridized carbons (Fsp3) is 0.312. The van der Waals surface area contributed by atoms with Crippen molar-refractivity contribution in [2.45, 2.75) is 31.7 Å². The molecule has 0 saturated carbocycles. The Morgan fingerprint density at radius 1 is 1.41 bits per heavy atom. The van der Waals surface area contributed by atoms with Gasteiger partial charge in [-0.2, -0.15) is 0 Å². The number of hydroxylamine groups is 2. The minimum Gasteiger partial charge on any atom is -0.622 e. The standard InChI is InChI=1S/C16H16N2O4/c1-2-4-12-13(15(19)16(20)21)11-6-3-5-10-9-17-7-8-18(12,22)14(10)11/h3,5-9,12-13H,2,4H2,1H3,(H,20,21). The van der Waals surface area contributed by atoms with Crippen LogP contribution in [0.25, 0.3) is 0 Å². The SMILES string of the molecule is CCCC1C(C(=O)C(=O)O)c2cccc3c2[N+]1([O-])C=CN=C3. The molecule has 2 heterocycles. The molecule has 0 amide bonds. The number of benzene rings is 1. The van der Waals surface area contributed by atoms with E-state index >= 15 is 0 Å². The average molecular weight is 300 g/mol. The van der Waals surface area contributed by atoms with Gasteiger partial charge in [0.2, 0.25) is 0 Å². The summed E-state index contributed by atoms with van der Waals surface area (Å²) in [5.74, 6) is -3.33. The molecule has 2 aliphatic rings. The Kier molecular flexibility index (Phi) is 3.42. The Hall–Kier alpha value is -2.31. The van der Waals surface area contributed by atoms with Gasteiger partial charge in [0, 0.05) is 18.2 Å². The molecule has 22 heavy (non-hydrogen) atoms. The lowest BCUT2D eigenvalue weighted by molar-refractivity contribution is -0.150. The number of Topliss-reactive ketones (excluding diaryl/α,β-unsaturated/α-hetero) is 1. The Morgan fingerprint density at radius 2 is 2.18 bits per heavy atom. The minimum atomic E-state index is -1.49. The molecule has 3 unspecified atom stereocenters. The lowest BCUT2D eigenvalue weighted by Gasteiger charge is -2.41. The predicted octanol–water partition coefficient (Wildman–Crippen LogP) is 2.32. The van der Waals surface area contributed by atoms with Crippen molar-refractivity contribution in [3.8, 4) is 0 Å². The van der Waals surface area contributed by atoms with Crippen LogP contribution in [0.5, 0.6) is 0 Å². The number of hydrogen-bond acceptors (Lipinski definition) is 4. The van der Waals surface area contributed by atoms with Gasteiger partial charge in [0.25, 0.3) is 5.78 Å². The van der Waals surface area contributed by atoms with Crippen LogP contribution in [0.15, 0.2) is 35.6 Å². The number of carbonyl (C=O) groups excluding carboxylic acids is 1. The van der Waals surface area contributed by atoms with Gasteiger partial charge in [0.15, 0.2) is 5.69 Å². The van der Waals surface area contributed by atoms with Crippen molar-refractivity contribution in [3.63, 3.8) is 0 Å². The van der Waals surface area contributed by atoms with Crippen molar-refractivity contribution >= 4 is 23.7 Å². The van der Waals surface area contributed by atoms with Crippen LogP contribution in [-0.2, 0) is 9.59 Å². The lowest BCUT2D eigenvalue weighted by Crippen LogP contribution is -2.47. The molecule has 0 spiro atoms. The third-order valence-corrected chi connectivity index (χ3v) is 4.33. The summed E-state index contributed by atoms with van der Waals surface area (Å²) >= 11 is 0. The normalized spacial score (nSPS) is 28.3. The third kappa shape index (κ3) is 1.92. The molecule has 2 aliphatic heterocycles. The molecular formula is C16H16N2O4. The highest BCUT2D eigenvalue weighted by molar-refractivity contribution is 6.35. The molecule has 0 radical (unpaired) electrons. The van der Waals surface area contributed by atoms with Gasteiger partial charge in [-0.3, -0.25) is 14.4 Å². The Balaban J connectivity index is 2.26. The van der Waals surface area contributed by atoms with Crippen LogP contribution >= 0.6 is 0 Å². The van der Waals surface area contributed by atoms with Crippen LogP contribution < -0.4 is 4.65 Å². The van der Waals surface area contributed by atoms with E-state index in [-0.39, 0.29) is 0 Å². The number of carbonyl (C=O) groups is 2. The van der Waals surface area contributed by atoms with Crippen molar-refractivity contribution in [2.75, 3.05) is 0 Å². The first kappa shape index (κ1) is 14.6. The second-order valence-electron chi connectivity index (χ2n) is 5.57. The summed E-state index contributed by atoms with van der Waals surface area (Å²) in [5, 5.41) is 22.6. The average Bonchev–Trinajstić information content (AvgIpc) is 2.62. The Morgan fingerprint density at radius 3 is 2.86 bits per heavy atom. The molecule has 6 heteroatoms. The van der Waals surface area contributed by atoms with Crippen molar-refractivity contribution in [1.29, 1.82) is 0 Å². The monoisotopic (exact) mass is 300 g/mol. The Bertz CT molecular complexity index is 710. The molecule has 0 aromatic heterocycles. The fourth-order valence-corrected chi connectivity index (χ4v) is 3.48. The maximum absolute atomic E-state index is 13.5. The van der Waals surface area contributed by atoms with Crippen molar-refractivity contribution in [2.24, 2.45) is 4.99 Å². The van der Waals surface area contributed by atoms with Gasteiger partial charge in [-0.25, -0.2) is 4.79 Å². The number of ketones is 1. The summed E-state index contributed by atoms with van der Waals surface area (Å²) in [7, 11) is 0. The number of hydrogen-bond donors (Lipinski definition) is 1. The van der Waals surface area contributed by atoms with Gasteiger partial charge < -0.3 is 10.3 Å². The molecule has 0 saturated heterocycles. The van der Waals surface area contributed by atoms with Crippen molar-refractivity contribution < 1.29 is 14.7 Å². The summed E-state index contributed by atoms with van der Waals surface area (Å²) in [6.45, 7) is 1.91. The van der Waals surface area contributed by atoms with Gasteiger partial charge in [-0.1, -0.05) is 25.5 Å². The van der Waals surface area contributed by atoms with E-state index < -0.39 is 28.4 Å². The van der Waals surface area contributed by atoms with Gasteiger partial charge in [-0.05, 0) is 6.07 Å². The number of quaternary nitrogens is 1. The number of nitrogens with zero attached hydrogens (tertiary/aromatic N) is 2. The summed E-state index contributed by atoms with van der Waals surface area (Å²) in [5.41, 5.74) is 1.59. The van der Waals surface area contributed by atoms with E-state index in [9.17, 15) is 14.8 Å². The molecule has 0 bridgehead atoms. The summed E-state index contributed by atoms with van der Waals surface area (Å²) in [4.78, 5) is 27.5. The smallest absolute Gasteiger partial charge is 0.373 e. The number of aliphatic carboxylic acids is 1. The number of carboxylic acids is 1. The molecule has 6 nitrogen and oxygen atoms in total. The molecule has 3 rings (SSSR count). The van der Waals surface area contributed by atoms with E-state index in [0.29, 0.717) is 29.7 Å². The van der Waals surface area contributed by atoms with E-state index in [1.807, 2.05) is 6.92 Å². The maximum Gasteiger partial charge on any atom is 0.373 e.